The molecule has 3 N–H and O–H groups in total. The van der Waals surface area contributed by atoms with Crippen LogP contribution in [0.15, 0.2) is 65.6 Å². The topological polar surface area (TPSA) is 123 Å². The first-order valence-electron chi connectivity index (χ1n) is 12.3. The van der Waals surface area contributed by atoms with E-state index in [2.05, 4.69) is 15.4 Å². The van der Waals surface area contributed by atoms with Crippen molar-refractivity contribution in [3.63, 3.8) is 0 Å². The van der Waals surface area contributed by atoms with E-state index in [1.807, 2.05) is 43.3 Å². The summed E-state index contributed by atoms with van der Waals surface area (Å²) in [5.74, 6) is 1.06. The fourth-order valence-electron chi connectivity index (χ4n) is 4.55. The summed E-state index contributed by atoms with van der Waals surface area (Å²) in [5, 5.41) is 5.62. The summed E-state index contributed by atoms with van der Waals surface area (Å²) in [7, 11) is -3.71. The molecule has 2 amide bonds. The first kappa shape index (κ1) is 25.7. The van der Waals surface area contributed by atoms with Crippen LogP contribution in [0.2, 0.25) is 0 Å². The molecule has 1 fully saturated rings. The Morgan fingerprint density at radius 3 is 2.39 bits per heavy atom. The van der Waals surface area contributed by atoms with Gasteiger partial charge in [-0.1, -0.05) is 24.3 Å². The number of carbonyl (C=O) groups excluding carboxylic acids is 2. The van der Waals surface area contributed by atoms with Crippen molar-refractivity contribution in [2.45, 2.75) is 37.0 Å². The molecule has 3 aromatic rings. The second-order valence-electron chi connectivity index (χ2n) is 9.54. The smallest absolute Gasteiger partial charge is 0.240 e. The van der Waals surface area contributed by atoms with E-state index in [0.29, 0.717) is 17.2 Å². The van der Waals surface area contributed by atoms with Crippen molar-refractivity contribution in [3.05, 3.63) is 71.8 Å². The van der Waals surface area contributed by atoms with E-state index in [1.165, 1.54) is 6.92 Å². The molecule has 38 heavy (non-hydrogen) atoms. The van der Waals surface area contributed by atoms with Crippen LogP contribution in [0.5, 0.6) is 11.5 Å². The van der Waals surface area contributed by atoms with E-state index >= 15 is 0 Å². The summed E-state index contributed by atoms with van der Waals surface area (Å²) in [5.41, 5.74) is 3.69. The van der Waals surface area contributed by atoms with Gasteiger partial charge in [-0.3, -0.25) is 9.59 Å². The summed E-state index contributed by atoms with van der Waals surface area (Å²) in [6.45, 7) is 3.83. The molecule has 0 unspecified atom stereocenters. The van der Waals surface area contributed by atoms with Crippen LogP contribution in [0.1, 0.15) is 33.7 Å². The average Bonchev–Trinajstić information content (AvgIpc) is 3.58. The van der Waals surface area contributed by atoms with Gasteiger partial charge in [0.25, 0.3) is 0 Å². The van der Waals surface area contributed by atoms with Crippen LogP contribution in [-0.4, -0.2) is 40.1 Å². The molecule has 5 rings (SSSR count). The van der Waals surface area contributed by atoms with Gasteiger partial charge in [0.2, 0.25) is 28.6 Å². The minimum Gasteiger partial charge on any atom is -0.454 e. The number of carbonyl (C=O) groups is 2. The molecule has 0 spiro atoms. The first-order chi connectivity index (χ1) is 18.2. The standard InChI is InChI=1S/C28H29N3O6S.2H2/c1-18-3-7-22(31-27(33)28(11-12-28)21-6-10-25-26(15-21)37-17-36-25)16-24(18)20-4-8-23(9-5-20)38(34,35)30-14-13-29-19(2)32;;/h3-10,15-16,30H,11-14,17H2,1-2H3,(H,29,32)(H,31,33);2*1H. The third-order valence-electron chi connectivity index (χ3n) is 6.87. The van der Waals surface area contributed by atoms with Crippen molar-refractivity contribution in [3.8, 4) is 22.6 Å². The number of aryl methyl sites for hydroxylation is 1. The number of hydrogen-bond donors (Lipinski definition) is 3. The highest BCUT2D eigenvalue weighted by atomic mass is 32.2. The maximum atomic E-state index is 13.4. The van der Waals surface area contributed by atoms with Gasteiger partial charge in [-0.25, -0.2) is 13.1 Å². The van der Waals surface area contributed by atoms with Crippen molar-refractivity contribution < 1.29 is 30.3 Å². The lowest BCUT2D eigenvalue weighted by Gasteiger charge is -2.17. The molecule has 0 bridgehead atoms. The lowest BCUT2D eigenvalue weighted by Crippen LogP contribution is -2.33. The van der Waals surface area contributed by atoms with Crippen molar-refractivity contribution in [1.29, 1.82) is 0 Å². The van der Waals surface area contributed by atoms with Gasteiger partial charge in [0.15, 0.2) is 11.5 Å². The summed E-state index contributed by atoms with van der Waals surface area (Å²) in [6, 6.07) is 17.9. The maximum absolute atomic E-state index is 13.4. The van der Waals surface area contributed by atoms with E-state index in [0.717, 1.165) is 35.1 Å². The molecular formula is C28H33N3O6S. The number of anilines is 1. The predicted molar refractivity (Wildman–Crippen MR) is 147 cm³/mol. The second kappa shape index (κ2) is 10.1. The summed E-state index contributed by atoms with van der Waals surface area (Å²) >= 11 is 0. The molecule has 1 aliphatic carbocycles. The molecule has 2 aliphatic rings. The van der Waals surface area contributed by atoms with E-state index < -0.39 is 15.4 Å². The second-order valence-corrected chi connectivity index (χ2v) is 11.3. The lowest BCUT2D eigenvalue weighted by atomic mass is 9.94. The Kier molecular flexibility index (Phi) is 6.85. The van der Waals surface area contributed by atoms with Gasteiger partial charge in [-0.05, 0) is 78.4 Å². The Balaban J connectivity index is 0.00000220. The van der Waals surface area contributed by atoms with Crippen molar-refractivity contribution in [2.75, 3.05) is 25.2 Å². The Hall–Kier alpha value is -3.89. The predicted octanol–water partition coefficient (Wildman–Crippen LogP) is 3.97. The number of ether oxygens (including phenoxy) is 2. The summed E-state index contributed by atoms with van der Waals surface area (Å²) < 4.78 is 38.5. The Morgan fingerprint density at radius 1 is 0.947 bits per heavy atom. The minimum atomic E-state index is -3.71. The molecule has 0 saturated heterocycles. The Bertz CT molecular complexity index is 1510. The zero-order chi connectivity index (χ0) is 26.9. The Morgan fingerprint density at radius 2 is 1.68 bits per heavy atom. The van der Waals surface area contributed by atoms with Gasteiger partial charge in [0.05, 0.1) is 10.3 Å². The van der Waals surface area contributed by atoms with Gasteiger partial charge in [0, 0.05) is 28.6 Å². The number of amides is 2. The molecular weight excluding hydrogens is 506 g/mol. The van der Waals surface area contributed by atoms with Gasteiger partial charge >= 0.3 is 0 Å². The van der Waals surface area contributed by atoms with Crippen LogP contribution >= 0.6 is 0 Å². The minimum absolute atomic E-state index is 0. The number of sulfonamides is 1. The van der Waals surface area contributed by atoms with Gasteiger partial charge in [-0.15, -0.1) is 0 Å². The highest BCUT2D eigenvalue weighted by Gasteiger charge is 2.51. The molecule has 202 valence electrons. The summed E-state index contributed by atoms with van der Waals surface area (Å²) in [6.07, 6.45) is 1.51. The lowest BCUT2D eigenvalue weighted by molar-refractivity contribution is -0.119. The van der Waals surface area contributed by atoms with Crippen LogP contribution < -0.4 is 24.8 Å². The number of fused-ring (bicyclic) bond motifs is 1. The monoisotopic (exact) mass is 539 g/mol. The summed E-state index contributed by atoms with van der Waals surface area (Å²) in [4.78, 5) is 24.4. The number of rotatable bonds is 9. The van der Waals surface area contributed by atoms with Crippen molar-refractivity contribution in [1.82, 2.24) is 10.0 Å². The number of nitrogens with one attached hydrogen (secondary N) is 3. The maximum Gasteiger partial charge on any atom is 0.240 e. The molecule has 9 nitrogen and oxygen atoms in total. The first-order valence-corrected chi connectivity index (χ1v) is 13.8. The molecule has 1 heterocycles. The molecule has 3 aromatic carbocycles. The number of hydrogen-bond acceptors (Lipinski definition) is 6. The highest BCUT2D eigenvalue weighted by molar-refractivity contribution is 7.89. The molecule has 1 saturated carbocycles. The molecule has 0 atom stereocenters. The molecule has 0 radical (unpaired) electrons. The molecule has 10 heteroatoms. The molecule has 1 aliphatic heterocycles. The molecule has 0 aromatic heterocycles. The van der Waals surface area contributed by atoms with Crippen LogP contribution in [0.3, 0.4) is 0 Å². The van der Waals surface area contributed by atoms with Crippen molar-refractivity contribution in [2.24, 2.45) is 0 Å². The quantitative estimate of drug-likeness (QED) is 0.354. The van der Waals surface area contributed by atoms with Crippen LogP contribution in [0, 0.1) is 6.92 Å². The highest BCUT2D eigenvalue weighted by Crippen LogP contribution is 2.51. The zero-order valence-electron chi connectivity index (χ0n) is 21.2. The largest absolute Gasteiger partial charge is 0.454 e. The third-order valence-corrected chi connectivity index (χ3v) is 8.35. The van der Waals surface area contributed by atoms with E-state index in [9.17, 15) is 18.0 Å². The SMILES string of the molecule is CC(=O)NCCNS(=O)(=O)c1ccc(-c2cc(NC(=O)C3(c4ccc5c(c4)OCO5)CC3)ccc2C)cc1.[HH].[HH]. The van der Waals surface area contributed by atoms with E-state index in [-0.39, 0.29) is 39.4 Å². The van der Waals surface area contributed by atoms with Crippen LogP contribution in [-0.2, 0) is 25.0 Å². The van der Waals surface area contributed by atoms with Crippen molar-refractivity contribution >= 4 is 27.5 Å². The number of benzene rings is 3. The van der Waals surface area contributed by atoms with Crippen LogP contribution in [0.25, 0.3) is 11.1 Å². The third kappa shape index (κ3) is 5.23. The van der Waals surface area contributed by atoms with Gasteiger partial charge < -0.3 is 20.1 Å². The normalized spacial score (nSPS) is 15.1. The van der Waals surface area contributed by atoms with E-state index in [1.54, 1.807) is 24.3 Å². The van der Waals surface area contributed by atoms with E-state index in [4.69, 9.17) is 9.47 Å². The Labute approximate surface area is 224 Å². The van der Waals surface area contributed by atoms with Gasteiger partial charge in [0.1, 0.15) is 0 Å². The fraction of sp³-hybridized carbons (Fsp3) is 0.286. The van der Waals surface area contributed by atoms with Gasteiger partial charge in [-0.2, -0.15) is 0 Å². The zero-order valence-corrected chi connectivity index (χ0v) is 22.0. The van der Waals surface area contributed by atoms with Crippen LogP contribution in [0.4, 0.5) is 5.69 Å². The average molecular weight is 540 g/mol. The fourth-order valence-corrected chi connectivity index (χ4v) is 5.58.